The van der Waals surface area contributed by atoms with Crippen LogP contribution in [0, 0.1) is 0 Å². The molecule has 4 bridgehead atoms. The van der Waals surface area contributed by atoms with Crippen molar-refractivity contribution < 1.29 is 4.74 Å². The number of aromatic nitrogens is 3. The third-order valence-corrected chi connectivity index (χ3v) is 4.66. The predicted molar refractivity (Wildman–Crippen MR) is 107 cm³/mol. The van der Waals surface area contributed by atoms with Crippen molar-refractivity contribution in [2.24, 2.45) is 0 Å². The Bertz CT molecular complexity index is 951. The molecule has 0 saturated heterocycles. The van der Waals surface area contributed by atoms with E-state index in [4.69, 9.17) is 9.72 Å². The largest absolute Gasteiger partial charge is 0.492 e. The maximum Gasteiger partial charge on any atom is 0.165 e. The van der Waals surface area contributed by atoms with Crippen molar-refractivity contribution in [3.63, 3.8) is 0 Å². The molecule has 0 aliphatic carbocycles. The smallest absolute Gasteiger partial charge is 0.165 e. The number of ether oxygens (including phenoxy) is 1. The molecule has 0 fully saturated rings. The van der Waals surface area contributed by atoms with Gasteiger partial charge in [0.15, 0.2) is 5.65 Å². The average molecular weight is 364 g/mol. The van der Waals surface area contributed by atoms with Gasteiger partial charge in [-0.3, -0.25) is 0 Å². The van der Waals surface area contributed by atoms with Crippen molar-refractivity contribution in [3.8, 4) is 16.9 Å². The number of rotatable bonds is 3. The molecule has 1 aliphatic heterocycles. The molecule has 3 aromatic rings. The van der Waals surface area contributed by atoms with E-state index in [2.05, 4.69) is 33.3 Å². The Morgan fingerprint density at radius 2 is 2.26 bits per heavy atom. The van der Waals surface area contributed by atoms with Crippen LogP contribution in [0.25, 0.3) is 16.8 Å². The fourth-order valence-corrected chi connectivity index (χ4v) is 3.26. The molecule has 0 spiro atoms. The van der Waals surface area contributed by atoms with E-state index < -0.39 is 0 Å². The van der Waals surface area contributed by atoms with E-state index in [1.54, 1.807) is 4.52 Å². The summed E-state index contributed by atoms with van der Waals surface area (Å²) >= 11 is 0. The van der Waals surface area contributed by atoms with Crippen LogP contribution >= 0.6 is 0 Å². The quantitative estimate of drug-likeness (QED) is 0.743. The first kappa shape index (κ1) is 17.4. The van der Waals surface area contributed by atoms with Gasteiger partial charge in [0.2, 0.25) is 0 Å². The molecule has 1 aromatic carbocycles. The van der Waals surface area contributed by atoms with E-state index in [-0.39, 0.29) is 0 Å². The molecule has 7 heteroatoms. The Morgan fingerprint density at radius 1 is 1.33 bits per heavy atom. The summed E-state index contributed by atoms with van der Waals surface area (Å²) in [5, 5.41) is 11.0. The van der Waals surface area contributed by atoms with Gasteiger partial charge in [0.25, 0.3) is 0 Å². The van der Waals surface area contributed by atoms with Crippen LogP contribution in [0.2, 0.25) is 0 Å². The van der Waals surface area contributed by atoms with E-state index in [1.165, 1.54) is 0 Å². The molecule has 2 aromatic heterocycles. The molecule has 7 nitrogen and oxygen atoms in total. The molecule has 0 radical (unpaired) electrons. The van der Waals surface area contributed by atoms with E-state index >= 15 is 0 Å². The van der Waals surface area contributed by atoms with Gasteiger partial charge in [-0.05, 0) is 30.8 Å². The van der Waals surface area contributed by atoms with Crippen molar-refractivity contribution in [1.29, 1.82) is 0 Å². The van der Waals surface area contributed by atoms with E-state index in [1.807, 2.05) is 43.7 Å². The summed E-state index contributed by atoms with van der Waals surface area (Å²) in [7, 11) is 1.93. The van der Waals surface area contributed by atoms with Crippen molar-refractivity contribution in [1.82, 2.24) is 24.8 Å². The fraction of sp³-hybridized carbons (Fsp3) is 0.300. The molecule has 0 amide bonds. The first-order valence-electron chi connectivity index (χ1n) is 9.13. The van der Waals surface area contributed by atoms with Crippen molar-refractivity contribution in [2.45, 2.75) is 0 Å². The van der Waals surface area contributed by atoms with Gasteiger partial charge in [0, 0.05) is 37.1 Å². The SMILES string of the molecule is C=C(CNC)N1CCNc2ccn3ncc(c3n2)-c2cccc(c2)OCC1. The molecular formula is C20H24N6O. The monoisotopic (exact) mass is 364 g/mol. The first-order valence-corrected chi connectivity index (χ1v) is 9.13. The second-order valence-corrected chi connectivity index (χ2v) is 6.53. The van der Waals surface area contributed by atoms with Crippen molar-refractivity contribution in [3.05, 3.63) is 55.0 Å². The van der Waals surface area contributed by atoms with Crippen LogP contribution in [0.3, 0.4) is 0 Å². The van der Waals surface area contributed by atoms with Gasteiger partial charge in [-0.15, -0.1) is 0 Å². The van der Waals surface area contributed by atoms with Gasteiger partial charge >= 0.3 is 0 Å². The summed E-state index contributed by atoms with van der Waals surface area (Å²) in [6.45, 7) is 7.90. The second-order valence-electron chi connectivity index (χ2n) is 6.53. The van der Waals surface area contributed by atoms with E-state index in [0.29, 0.717) is 6.61 Å². The van der Waals surface area contributed by atoms with Crippen LogP contribution in [0.5, 0.6) is 5.75 Å². The molecule has 140 valence electrons. The van der Waals surface area contributed by atoms with Gasteiger partial charge in [-0.1, -0.05) is 18.7 Å². The highest BCUT2D eigenvalue weighted by Gasteiger charge is 2.12. The summed E-state index contributed by atoms with van der Waals surface area (Å²) in [6, 6.07) is 10.0. The van der Waals surface area contributed by atoms with Crippen LogP contribution in [0.15, 0.2) is 55.0 Å². The number of nitrogens with zero attached hydrogens (tertiary/aromatic N) is 4. The molecule has 4 rings (SSSR count). The van der Waals surface area contributed by atoms with Crippen LogP contribution in [0.4, 0.5) is 5.82 Å². The Morgan fingerprint density at radius 3 is 3.15 bits per heavy atom. The summed E-state index contributed by atoms with van der Waals surface area (Å²) in [5.74, 6) is 1.69. The zero-order valence-electron chi connectivity index (χ0n) is 15.5. The minimum absolute atomic E-state index is 0.596. The van der Waals surface area contributed by atoms with E-state index in [0.717, 1.165) is 60.2 Å². The van der Waals surface area contributed by atoms with Gasteiger partial charge < -0.3 is 20.3 Å². The maximum absolute atomic E-state index is 6.01. The molecular weight excluding hydrogens is 340 g/mol. The predicted octanol–water partition coefficient (Wildman–Crippen LogP) is 2.24. The number of hydrogen-bond acceptors (Lipinski definition) is 6. The summed E-state index contributed by atoms with van der Waals surface area (Å²) in [6.07, 6.45) is 3.78. The number of fused-ring (bicyclic) bond motifs is 4. The molecule has 0 saturated carbocycles. The van der Waals surface area contributed by atoms with E-state index in [9.17, 15) is 0 Å². The van der Waals surface area contributed by atoms with Crippen molar-refractivity contribution >= 4 is 11.5 Å². The lowest BCUT2D eigenvalue weighted by Crippen LogP contribution is -2.35. The van der Waals surface area contributed by atoms with Crippen molar-refractivity contribution in [2.75, 3.05) is 45.2 Å². The number of anilines is 1. The Hall–Kier alpha value is -3.06. The normalized spacial score (nSPS) is 14.5. The minimum atomic E-state index is 0.596. The number of hydrogen-bond donors (Lipinski definition) is 2. The van der Waals surface area contributed by atoms with Crippen LogP contribution in [-0.2, 0) is 0 Å². The Kier molecular flexibility index (Phi) is 4.93. The van der Waals surface area contributed by atoms with Gasteiger partial charge in [-0.25, -0.2) is 9.50 Å². The summed E-state index contributed by atoms with van der Waals surface area (Å²) < 4.78 is 7.80. The molecule has 27 heavy (non-hydrogen) atoms. The molecule has 1 aliphatic rings. The lowest BCUT2D eigenvalue weighted by molar-refractivity contribution is 0.244. The highest BCUT2D eigenvalue weighted by Crippen LogP contribution is 2.27. The third kappa shape index (κ3) is 3.73. The molecule has 0 unspecified atom stereocenters. The topological polar surface area (TPSA) is 66.7 Å². The fourth-order valence-electron chi connectivity index (χ4n) is 3.26. The Labute approximate surface area is 158 Å². The second kappa shape index (κ2) is 7.67. The van der Waals surface area contributed by atoms with Crippen LogP contribution < -0.4 is 15.4 Å². The number of nitrogens with one attached hydrogen (secondary N) is 2. The lowest BCUT2D eigenvalue weighted by Gasteiger charge is -2.27. The highest BCUT2D eigenvalue weighted by molar-refractivity contribution is 5.78. The number of likely N-dealkylation sites (N-methyl/N-ethyl adjacent to an activating group) is 1. The minimum Gasteiger partial charge on any atom is -0.492 e. The zero-order chi connectivity index (χ0) is 18.6. The van der Waals surface area contributed by atoms with Gasteiger partial charge in [-0.2, -0.15) is 5.10 Å². The van der Waals surface area contributed by atoms with Crippen LogP contribution in [-0.4, -0.2) is 59.3 Å². The Balaban J connectivity index is 1.69. The van der Waals surface area contributed by atoms with Gasteiger partial charge in [0.05, 0.1) is 12.7 Å². The molecule has 0 atom stereocenters. The lowest BCUT2D eigenvalue weighted by atomic mass is 10.1. The van der Waals surface area contributed by atoms with Gasteiger partial charge in [0.1, 0.15) is 18.2 Å². The first-order chi connectivity index (χ1) is 13.2. The molecule has 3 heterocycles. The summed E-state index contributed by atoms with van der Waals surface area (Å²) in [5.41, 5.74) is 3.90. The van der Waals surface area contributed by atoms with Crippen LogP contribution in [0.1, 0.15) is 0 Å². The highest BCUT2D eigenvalue weighted by atomic mass is 16.5. The summed E-state index contributed by atoms with van der Waals surface area (Å²) in [4.78, 5) is 7.00. The molecule has 2 N–H and O–H groups in total. The third-order valence-electron chi connectivity index (χ3n) is 4.66. The maximum atomic E-state index is 6.01. The zero-order valence-corrected chi connectivity index (χ0v) is 15.5. The average Bonchev–Trinajstić information content (AvgIpc) is 3.10. The number of benzene rings is 1. The standard InChI is InChI=1S/C20H24N6O/c1-15(13-21-2)25-9-7-22-19-6-8-26-20(24-19)18(14-23-26)16-4-3-5-17(12-16)27-11-10-25/h3-6,8,12,14,21H,1,7,9-11,13H2,2H3,(H,22,24).